The van der Waals surface area contributed by atoms with Crippen LogP contribution in [0.15, 0.2) is 42.6 Å². The third kappa shape index (κ3) is 6.15. The zero-order chi connectivity index (χ0) is 19.2. The zero-order valence-electron chi connectivity index (χ0n) is 16.5. The monoisotopic (exact) mass is 354 g/mol. The van der Waals surface area contributed by atoms with Crippen LogP contribution in [-0.2, 0) is 5.41 Å². The van der Waals surface area contributed by atoms with E-state index in [0.717, 1.165) is 30.9 Å². The van der Waals surface area contributed by atoms with Gasteiger partial charge in [-0.3, -0.25) is 9.78 Å². The molecule has 0 saturated heterocycles. The molecule has 0 aliphatic heterocycles. The molecule has 1 heterocycles. The first-order valence-electron chi connectivity index (χ1n) is 9.02. The van der Waals surface area contributed by atoms with E-state index in [2.05, 4.69) is 55.4 Å². The van der Waals surface area contributed by atoms with Crippen LogP contribution >= 0.6 is 0 Å². The highest BCUT2D eigenvalue weighted by atomic mass is 16.1. The average molecular weight is 354 g/mol. The Morgan fingerprint density at radius 1 is 1.08 bits per heavy atom. The van der Waals surface area contributed by atoms with Crippen molar-refractivity contribution in [3.05, 3.63) is 53.9 Å². The molecular weight excluding hydrogens is 324 g/mol. The van der Waals surface area contributed by atoms with Gasteiger partial charge in [-0.1, -0.05) is 32.9 Å². The Morgan fingerprint density at radius 2 is 1.77 bits per heavy atom. The first-order chi connectivity index (χ1) is 12.3. The van der Waals surface area contributed by atoms with Gasteiger partial charge < -0.3 is 15.5 Å². The molecule has 1 aromatic heterocycles. The van der Waals surface area contributed by atoms with Crippen LogP contribution in [0, 0.1) is 0 Å². The molecule has 0 unspecified atom stereocenters. The Labute approximate surface area is 156 Å². The van der Waals surface area contributed by atoms with Crippen LogP contribution in [0.2, 0.25) is 0 Å². The van der Waals surface area contributed by atoms with Gasteiger partial charge in [-0.2, -0.15) is 0 Å². The van der Waals surface area contributed by atoms with Gasteiger partial charge in [-0.15, -0.1) is 0 Å². The number of anilines is 2. The van der Waals surface area contributed by atoms with Crippen molar-refractivity contribution in [3.63, 3.8) is 0 Å². The normalized spacial score (nSPS) is 11.5. The molecule has 0 aliphatic rings. The van der Waals surface area contributed by atoms with Gasteiger partial charge in [0, 0.05) is 24.1 Å². The van der Waals surface area contributed by atoms with Crippen molar-refractivity contribution in [3.8, 4) is 0 Å². The molecule has 0 radical (unpaired) electrons. The second kappa shape index (κ2) is 8.81. The van der Waals surface area contributed by atoms with E-state index in [-0.39, 0.29) is 11.3 Å². The number of nitrogens with one attached hydrogen (secondary N) is 2. The molecule has 26 heavy (non-hydrogen) atoms. The third-order valence-corrected chi connectivity index (χ3v) is 4.11. The Kier molecular flexibility index (Phi) is 6.75. The summed E-state index contributed by atoms with van der Waals surface area (Å²) in [6, 6.07) is 11.6. The maximum Gasteiger partial charge on any atom is 0.274 e. The predicted molar refractivity (Wildman–Crippen MR) is 109 cm³/mol. The van der Waals surface area contributed by atoms with Gasteiger partial charge in [0.2, 0.25) is 0 Å². The van der Waals surface area contributed by atoms with E-state index in [4.69, 9.17) is 0 Å². The quantitative estimate of drug-likeness (QED) is 0.738. The first kappa shape index (κ1) is 19.9. The summed E-state index contributed by atoms with van der Waals surface area (Å²) in [6.45, 7) is 8.39. The lowest BCUT2D eigenvalue weighted by Gasteiger charge is -2.19. The van der Waals surface area contributed by atoms with Crippen LogP contribution in [0.25, 0.3) is 0 Å². The van der Waals surface area contributed by atoms with Gasteiger partial charge in [0.05, 0.1) is 0 Å². The van der Waals surface area contributed by atoms with Crippen molar-refractivity contribution in [1.29, 1.82) is 0 Å². The molecule has 1 aromatic carbocycles. The van der Waals surface area contributed by atoms with Crippen molar-refractivity contribution in [2.75, 3.05) is 37.8 Å². The summed E-state index contributed by atoms with van der Waals surface area (Å²) in [5.74, 6) is -0.203. The topological polar surface area (TPSA) is 57.3 Å². The number of rotatable bonds is 7. The van der Waals surface area contributed by atoms with Gasteiger partial charge in [-0.25, -0.2) is 0 Å². The molecule has 0 bridgehead atoms. The molecule has 0 atom stereocenters. The van der Waals surface area contributed by atoms with Crippen LogP contribution in [0.1, 0.15) is 43.2 Å². The Hall–Kier alpha value is -2.40. The van der Waals surface area contributed by atoms with E-state index in [1.54, 1.807) is 12.3 Å². The van der Waals surface area contributed by atoms with Gasteiger partial charge in [0.15, 0.2) is 0 Å². The standard InChI is InChI=1S/C21H30N4O/c1-21(2,3)16-7-9-17(10-8-16)24-20(26)19-15-18(11-13-23-19)22-12-6-14-25(4)5/h7-11,13,15H,6,12,14H2,1-5H3,(H,22,23)(H,24,26). The Bertz CT molecular complexity index is 718. The second-order valence-corrected chi connectivity index (χ2v) is 7.79. The summed E-state index contributed by atoms with van der Waals surface area (Å²) >= 11 is 0. The molecule has 0 spiro atoms. The number of hydrogen-bond donors (Lipinski definition) is 2. The van der Waals surface area contributed by atoms with E-state index in [1.807, 2.05) is 30.3 Å². The van der Waals surface area contributed by atoms with Gasteiger partial charge in [-0.05, 0) is 62.3 Å². The van der Waals surface area contributed by atoms with Crippen molar-refractivity contribution in [2.24, 2.45) is 0 Å². The smallest absolute Gasteiger partial charge is 0.274 e. The molecule has 5 nitrogen and oxygen atoms in total. The lowest BCUT2D eigenvalue weighted by atomic mass is 9.87. The van der Waals surface area contributed by atoms with E-state index in [1.165, 1.54) is 5.56 Å². The lowest BCUT2D eigenvalue weighted by Crippen LogP contribution is -2.17. The molecule has 0 fully saturated rings. The number of nitrogens with zero attached hydrogens (tertiary/aromatic N) is 2. The van der Waals surface area contributed by atoms with E-state index < -0.39 is 0 Å². The fourth-order valence-electron chi connectivity index (χ4n) is 2.54. The summed E-state index contributed by atoms with van der Waals surface area (Å²) in [4.78, 5) is 18.8. The Balaban J connectivity index is 1.96. The number of aromatic nitrogens is 1. The fourth-order valence-corrected chi connectivity index (χ4v) is 2.54. The third-order valence-electron chi connectivity index (χ3n) is 4.11. The number of carbonyl (C=O) groups is 1. The highest BCUT2D eigenvalue weighted by Crippen LogP contribution is 2.23. The SMILES string of the molecule is CN(C)CCCNc1ccnc(C(=O)Nc2ccc(C(C)(C)C)cc2)c1. The highest BCUT2D eigenvalue weighted by molar-refractivity contribution is 6.03. The summed E-state index contributed by atoms with van der Waals surface area (Å²) in [6.07, 6.45) is 2.70. The van der Waals surface area contributed by atoms with E-state index in [9.17, 15) is 4.79 Å². The highest BCUT2D eigenvalue weighted by Gasteiger charge is 2.14. The van der Waals surface area contributed by atoms with Gasteiger partial charge in [0.1, 0.15) is 5.69 Å². The minimum Gasteiger partial charge on any atom is -0.385 e. The number of amides is 1. The van der Waals surface area contributed by atoms with Crippen LogP contribution in [0.5, 0.6) is 0 Å². The molecule has 140 valence electrons. The Morgan fingerprint density at radius 3 is 2.38 bits per heavy atom. The second-order valence-electron chi connectivity index (χ2n) is 7.79. The summed E-state index contributed by atoms with van der Waals surface area (Å²) in [7, 11) is 4.12. The van der Waals surface area contributed by atoms with Crippen molar-refractivity contribution >= 4 is 17.3 Å². The molecule has 2 rings (SSSR count). The first-order valence-corrected chi connectivity index (χ1v) is 9.02. The number of benzene rings is 1. The largest absolute Gasteiger partial charge is 0.385 e. The molecule has 2 aromatic rings. The number of pyridine rings is 1. The van der Waals surface area contributed by atoms with E-state index in [0.29, 0.717) is 5.69 Å². The molecule has 5 heteroatoms. The predicted octanol–water partition coefficient (Wildman–Crippen LogP) is 4.00. The van der Waals surface area contributed by atoms with Crippen molar-refractivity contribution in [1.82, 2.24) is 9.88 Å². The maximum absolute atomic E-state index is 12.5. The van der Waals surface area contributed by atoms with Crippen LogP contribution in [0.4, 0.5) is 11.4 Å². The molecule has 0 aliphatic carbocycles. The number of carbonyl (C=O) groups excluding carboxylic acids is 1. The summed E-state index contributed by atoms with van der Waals surface area (Å²) < 4.78 is 0. The summed E-state index contributed by atoms with van der Waals surface area (Å²) in [5, 5.41) is 6.25. The van der Waals surface area contributed by atoms with Crippen LogP contribution in [0.3, 0.4) is 0 Å². The lowest BCUT2D eigenvalue weighted by molar-refractivity contribution is 0.102. The van der Waals surface area contributed by atoms with Gasteiger partial charge in [0.25, 0.3) is 5.91 Å². The molecule has 0 saturated carbocycles. The van der Waals surface area contributed by atoms with Crippen molar-refractivity contribution < 1.29 is 4.79 Å². The maximum atomic E-state index is 12.5. The average Bonchev–Trinajstić information content (AvgIpc) is 2.58. The zero-order valence-corrected chi connectivity index (χ0v) is 16.5. The van der Waals surface area contributed by atoms with Crippen LogP contribution in [-0.4, -0.2) is 43.0 Å². The molecule has 2 N–H and O–H groups in total. The molecule has 1 amide bonds. The minimum atomic E-state index is -0.203. The number of hydrogen-bond acceptors (Lipinski definition) is 4. The van der Waals surface area contributed by atoms with Crippen molar-refractivity contribution in [2.45, 2.75) is 32.6 Å². The van der Waals surface area contributed by atoms with Crippen LogP contribution < -0.4 is 10.6 Å². The summed E-state index contributed by atoms with van der Waals surface area (Å²) in [5.41, 5.74) is 3.41. The minimum absolute atomic E-state index is 0.0939. The molecular formula is C21H30N4O. The van der Waals surface area contributed by atoms with Gasteiger partial charge >= 0.3 is 0 Å². The van der Waals surface area contributed by atoms with E-state index >= 15 is 0 Å². The fraction of sp³-hybridized carbons (Fsp3) is 0.429.